The number of hydrogen-bond donors (Lipinski definition) is 1. The zero-order valence-electron chi connectivity index (χ0n) is 11.1. The van der Waals surface area contributed by atoms with Crippen LogP contribution in [0.25, 0.3) is 0 Å². The first-order chi connectivity index (χ1) is 8.59. The molecule has 104 valence electrons. The third-order valence-electron chi connectivity index (χ3n) is 3.33. The van der Waals surface area contributed by atoms with Gasteiger partial charge in [0.05, 0.1) is 0 Å². The topological polar surface area (TPSA) is 66.8 Å². The van der Waals surface area contributed by atoms with Crippen LogP contribution >= 0.6 is 0 Å². The summed E-state index contributed by atoms with van der Waals surface area (Å²) in [5.74, 6) is -0.128. The predicted molar refractivity (Wildman–Crippen MR) is 67.3 cm³/mol. The summed E-state index contributed by atoms with van der Waals surface area (Å²) in [5, 5.41) is 8.50. The van der Waals surface area contributed by atoms with Gasteiger partial charge < -0.3 is 14.7 Å². The van der Waals surface area contributed by atoms with Crippen LogP contribution in [-0.4, -0.2) is 48.7 Å². The largest absolute Gasteiger partial charge is 0.481 e. The second kappa shape index (κ2) is 8.08. The van der Waals surface area contributed by atoms with Crippen LogP contribution in [0.3, 0.4) is 0 Å². The number of hydrogen-bond acceptors (Lipinski definition) is 3. The molecule has 1 aliphatic rings. The maximum atomic E-state index is 11.8. The van der Waals surface area contributed by atoms with Crippen LogP contribution in [-0.2, 0) is 14.3 Å². The van der Waals surface area contributed by atoms with E-state index in [4.69, 9.17) is 9.84 Å². The summed E-state index contributed by atoms with van der Waals surface area (Å²) in [6.45, 7) is 2.39. The van der Waals surface area contributed by atoms with Crippen molar-refractivity contribution in [3.63, 3.8) is 0 Å². The summed E-state index contributed by atoms with van der Waals surface area (Å²) in [6.07, 6.45) is 3.88. The van der Waals surface area contributed by atoms with Gasteiger partial charge in [-0.1, -0.05) is 0 Å². The third-order valence-corrected chi connectivity index (χ3v) is 3.33. The van der Waals surface area contributed by atoms with Crippen molar-refractivity contribution in [3.8, 4) is 0 Å². The van der Waals surface area contributed by atoms with Crippen LogP contribution in [0.5, 0.6) is 0 Å². The van der Waals surface area contributed by atoms with E-state index in [1.807, 2.05) is 7.05 Å². The molecule has 0 bridgehead atoms. The number of amides is 1. The van der Waals surface area contributed by atoms with Gasteiger partial charge in [0.1, 0.15) is 0 Å². The second-order valence-electron chi connectivity index (χ2n) is 4.93. The molecular formula is C13H23NO4. The molecule has 0 saturated carbocycles. The third kappa shape index (κ3) is 6.00. The fourth-order valence-corrected chi connectivity index (χ4v) is 2.16. The van der Waals surface area contributed by atoms with Gasteiger partial charge >= 0.3 is 5.97 Å². The highest BCUT2D eigenvalue weighted by atomic mass is 16.5. The number of aliphatic carboxylic acids is 1. The number of carboxylic acids is 1. The number of rotatable bonds is 7. The molecule has 5 nitrogen and oxygen atoms in total. The van der Waals surface area contributed by atoms with E-state index >= 15 is 0 Å². The van der Waals surface area contributed by atoms with E-state index in [2.05, 4.69) is 0 Å². The van der Waals surface area contributed by atoms with Crippen LogP contribution in [0.2, 0.25) is 0 Å². The Morgan fingerprint density at radius 3 is 2.44 bits per heavy atom. The lowest BCUT2D eigenvalue weighted by Gasteiger charge is -2.27. The van der Waals surface area contributed by atoms with Crippen LogP contribution in [0.4, 0.5) is 0 Å². The Morgan fingerprint density at radius 2 is 1.83 bits per heavy atom. The fourth-order valence-electron chi connectivity index (χ4n) is 2.16. The number of carbonyl (C=O) groups is 2. The highest BCUT2D eigenvalue weighted by molar-refractivity contribution is 5.75. The first-order valence-corrected chi connectivity index (χ1v) is 6.63. The molecular weight excluding hydrogens is 234 g/mol. The molecule has 5 heteroatoms. The normalized spacial score (nSPS) is 16.5. The number of unbranched alkanes of at least 4 members (excludes halogenated alkanes) is 1. The van der Waals surface area contributed by atoms with Gasteiger partial charge in [-0.15, -0.1) is 0 Å². The summed E-state index contributed by atoms with van der Waals surface area (Å²) in [4.78, 5) is 23.9. The fraction of sp³-hybridized carbons (Fsp3) is 0.846. The molecule has 1 saturated heterocycles. The van der Waals surface area contributed by atoms with Crippen molar-refractivity contribution >= 4 is 11.9 Å². The molecule has 0 aromatic heterocycles. The molecule has 1 amide bonds. The van der Waals surface area contributed by atoms with Crippen molar-refractivity contribution in [2.24, 2.45) is 5.92 Å². The Kier molecular flexibility index (Phi) is 6.72. The summed E-state index contributed by atoms with van der Waals surface area (Å²) in [6, 6.07) is 0. The molecule has 0 aromatic rings. The van der Waals surface area contributed by atoms with E-state index in [-0.39, 0.29) is 12.3 Å². The van der Waals surface area contributed by atoms with Gasteiger partial charge in [-0.2, -0.15) is 0 Å². The van der Waals surface area contributed by atoms with Gasteiger partial charge in [-0.05, 0) is 31.6 Å². The molecule has 1 aliphatic heterocycles. The lowest BCUT2D eigenvalue weighted by molar-refractivity contribution is -0.137. The molecule has 1 N–H and O–H groups in total. The lowest BCUT2D eigenvalue weighted by Crippen LogP contribution is -2.34. The zero-order chi connectivity index (χ0) is 13.4. The monoisotopic (exact) mass is 257 g/mol. The van der Waals surface area contributed by atoms with Gasteiger partial charge in [-0.3, -0.25) is 9.59 Å². The van der Waals surface area contributed by atoms with Crippen LogP contribution in [0.15, 0.2) is 0 Å². The SMILES string of the molecule is CN(CC1CCOCC1)C(=O)CCCCC(=O)O. The summed E-state index contributed by atoms with van der Waals surface area (Å²) >= 11 is 0. The molecule has 0 radical (unpaired) electrons. The first-order valence-electron chi connectivity index (χ1n) is 6.63. The summed E-state index contributed by atoms with van der Waals surface area (Å²) in [7, 11) is 1.83. The molecule has 0 spiro atoms. The number of carbonyl (C=O) groups excluding carboxylic acids is 1. The smallest absolute Gasteiger partial charge is 0.303 e. The van der Waals surface area contributed by atoms with E-state index in [1.165, 1.54) is 0 Å². The Labute approximate surface area is 108 Å². The van der Waals surface area contributed by atoms with Crippen LogP contribution < -0.4 is 0 Å². The zero-order valence-corrected chi connectivity index (χ0v) is 11.1. The maximum Gasteiger partial charge on any atom is 0.303 e. The number of carboxylic acid groups (broad SMARTS) is 1. The van der Waals surface area contributed by atoms with Gasteiger partial charge in [0.25, 0.3) is 0 Å². The molecule has 0 unspecified atom stereocenters. The number of nitrogens with zero attached hydrogens (tertiary/aromatic N) is 1. The van der Waals surface area contributed by atoms with E-state index in [9.17, 15) is 9.59 Å². The van der Waals surface area contributed by atoms with Crippen molar-refractivity contribution in [1.29, 1.82) is 0 Å². The molecule has 1 fully saturated rings. The van der Waals surface area contributed by atoms with Gasteiger partial charge in [-0.25, -0.2) is 0 Å². The van der Waals surface area contributed by atoms with Crippen molar-refractivity contribution in [3.05, 3.63) is 0 Å². The average molecular weight is 257 g/mol. The summed E-state index contributed by atoms with van der Waals surface area (Å²) < 4.78 is 5.28. The van der Waals surface area contributed by atoms with Gasteiger partial charge in [0.15, 0.2) is 0 Å². The number of ether oxygens (including phenoxy) is 1. The van der Waals surface area contributed by atoms with Crippen LogP contribution in [0.1, 0.15) is 38.5 Å². The van der Waals surface area contributed by atoms with Crippen LogP contribution in [0, 0.1) is 5.92 Å². The van der Waals surface area contributed by atoms with Crippen molar-refractivity contribution < 1.29 is 19.4 Å². The maximum absolute atomic E-state index is 11.8. The minimum Gasteiger partial charge on any atom is -0.481 e. The minimum atomic E-state index is -0.794. The van der Waals surface area contributed by atoms with Gasteiger partial charge in [0, 0.05) is 39.6 Å². The lowest BCUT2D eigenvalue weighted by atomic mass is 10.00. The molecule has 18 heavy (non-hydrogen) atoms. The van der Waals surface area contributed by atoms with Crippen molar-refractivity contribution in [1.82, 2.24) is 4.90 Å². The van der Waals surface area contributed by atoms with E-state index in [1.54, 1.807) is 4.90 Å². The molecule has 0 aromatic carbocycles. The molecule has 1 rings (SSSR count). The van der Waals surface area contributed by atoms with Crippen molar-refractivity contribution in [2.75, 3.05) is 26.8 Å². The quantitative estimate of drug-likeness (QED) is 0.702. The predicted octanol–water partition coefficient (Wildman–Crippen LogP) is 1.52. The highest BCUT2D eigenvalue weighted by Crippen LogP contribution is 2.16. The van der Waals surface area contributed by atoms with Gasteiger partial charge in [0.2, 0.25) is 5.91 Å². The Balaban J connectivity index is 2.13. The minimum absolute atomic E-state index is 0.117. The summed E-state index contributed by atoms with van der Waals surface area (Å²) in [5.41, 5.74) is 0. The second-order valence-corrected chi connectivity index (χ2v) is 4.93. The Morgan fingerprint density at radius 1 is 1.22 bits per heavy atom. The van der Waals surface area contributed by atoms with Crippen molar-refractivity contribution in [2.45, 2.75) is 38.5 Å². The molecule has 1 heterocycles. The first kappa shape index (κ1) is 15.0. The standard InChI is InChI=1S/C13H23NO4/c1-14(10-11-6-8-18-9-7-11)12(15)4-2-3-5-13(16)17/h11H,2-10H2,1H3,(H,16,17). The average Bonchev–Trinajstić information content (AvgIpc) is 2.35. The highest BCUT2D eigenvalue weighted by Gasteiger charge is 2.18. The van der Waals surface area contributed by atoms with E-state index in [0.717, 1.165) is 32.6 Å². The molecule has 0 atom stereocenters. The van der Waals surface area contributed by atoms with E-state index in [0.29, 0.717) is 25.2 Å². The molecule has 0 aliphatic carbocycles. The Bertz CT molecular complexity index is 274. The van der Waals surface area contributed by atoms with E-state index < -0.39 is 5.97 Å². The Hall–Kier alpha value is -1.10.